The molecule has 2 aromatic carbocycles. The normalized spacial score (nSPS) is 34.9. The number of aliphatic hydroxyl groups is 1. The van der Waals surface area contributed by atoms with Crippen molar-refractivity contribution in [3.8, 4) is 0 Å². The Morgan fingerprint density at radius 2 is 1.47 bits per heavy atom. The average Bonchev–Trinajstić information content (AvgIpc) is 3.22. The Hall–Kier alpha value is -1.68. The lowest BCUT2D eigenvalue weighted by Crippen LogP contribution is -2.68. The van der Waals surface area contributed by atoms with E-state index < -0.39 is 8.32 Å². The quantitative estimate of drug-likeness (QED) is 0.363. The topological polar surface area (TPSA) is 29.5 Å². The van der Waals surface area contributed by atoms with E-state index in [1.807, 2.05) is 0 Å². The van der Waals surface area contributed by atoms with Crippen LogP contribution in [0.3, 0.4) is 0 Å². The average molecular weight is 503 g/mol. The molecule has 3 saturated carbocycles. The van der Waals surface area contributed by atoms with Gasteiger partial charge in [0.05, 0.1) is 6.10 Å². The first-order valence-electron chi connectivity index (χ1n) is 14.3. The van der Waals surface area contributed by atoms with Gasteiger partial charge < -0.3 is 9.53 Å². The maximum absolute atomic E-state index is 11.7. The highest BCUT2D eigenvalue weighted by Gasteiger charge is 2.61. The van der Waals surface area contributed by atoms with E-state index in [9.17, 15) is 5.11 Å². The molecule has 36 heavy (non-hydrogen) atoms. The Morgan fingerprint density at radius 3 is 2.03 bits per heavy atom. The second-order valence-corrected chi connectivity index (χ2v) is 17.4. The minimum absolute atomic E-state index is 0.0274. The lowest BCUT2D eigenvalue weighted by Gasteiger charge is -2.54. The van der Waals surface area contributed by atoms with Crippen LogP contribution >= 0.6 is 0 Å². The minimum Gasteiger partial charge on any atom is -0.404 e. The number of allylic oxidation sites excluding steroid dienone is 1. The highest BCUT2D eigenvalue weighted by atomic mass is 28.4. The maximum Gasteiger partial charge on any atom is 0.261 e. The Bertz CT molecular complexity index is 989. The summed E-state index contributed by atoms with van der Waals surface area (Å²) in [6.07, 6.45) is 10.2. The molecule has 0 amide bonds. The second kappa shape index (κ2) is 9.89. The van der Waals surface area contributed by atoms with Gasteiger partial charge in [0, 0.05) is 6.10 Å². The fraction of sp³-hybridized carbons (Fsp3) is 0.576. The van der Waals surface area contributed by atoms with Crippen molar-refractivity contribution in [2.45, 2.75) is 89.9 Å². The molecular formula is C33H46O2Si. The molecule has 3 aliphatic carbocycles. The number of hydrogen-bond donors (Lipinski definition) is 1. The van der Waals surface area contributed by atoms with Gasteiger partial charge in [0.2, 0.25) is 0 Å². The molecular weight excluding hydrogens is 456 g/mol. The highest BCUT2D eigenvalue weighted by Crippen LogP contribution is 2.62. The van der Waals surface area contributed by atoms with Crippen LogP contribution in [0.5, 0.6) is 0 Å². The summed E-state index contributed by atoms with van der Waals surface area (Å²) in [6.45, 7) is 13.7. The summed E-state index contributed by atoms with van der Waals surface area (Å²) >= 11 is 0. The summed E-state index contributed by atoms with van der Waals surface area (Å²) in [4.78, 5) is 0. The smallest absolute Gasteiger partial charge is 0.261 e. The molecule has 2 bridgehead atoms. The van der Waals surface area contributed by atoms with E-state index in [0.29, 0.717) is 29.1 Å². The molecule has 0 saturated heterocycles. The van der Waals surface area contributed by atoms with Crippen LogP contribution in [0.4, 0.5) is 0 Å². The largest absolute Gasteiger partial charge is 0.404 e. The van der Waals surface area contributed by atoms with Crippen LogP contribution in [-0.2, 0) is 4.43 Å². The van der Waals surface area contributed by atoms with Crippen LogP contribution < -0.4 is 10.4 Å². The van der Waals surface area contributed by atoms with E-state index >= 15 is 0 Å². The van der Waals surface area contributed by atoms with Crippen LogP contribution in [0.15, 0.2) is 73.3 Å². The van der Waals surface area contributed by atoms with Crippen molar-refractivity contribution in [3.05, 3.63) is 73.3 Å². The van der Waals surface area contributed by atoms with Gasteiger partial charge in [-0.3, -0.25) is 0 Å². The number of benzene rings is 2. The van der Waals surface area contributed by atoms with Crippen molar-refractivity contribution in [2.75, 3.05) is 0 Å². The van der Waals surface area contributed by atoms with Gasteiger partial charge in [-0.25, -0.2) is 0 Å². The molecule has 0 aromatic heterocycles. The van der Waals surface area contributed by atoms with Crippen molar-refractivity contribution in [2.24, 2.45) is 29.1 Å². The molecule has 3 heteroatoms. The van der Waals surface area contributed by atoms with Crippen LogP contribution in [-0.4, -0.2) is 25.6 Å². The van der Waals surface area contributed by atoms with Gasteiger partial charge in [-0.15, -0.1) is 6.58 Å². The molecule has 194 valence electrons. The molecule has 0 heterocycles. The molecule has 3 aliphatic rings. The van der Waals surface area contributed by atoms with Gasteiger partial charge in [0.25, 0.3) is 8.32 Å². The first-order valence-corrected chi connectivity index (χ1v) is 16.2. The van der Waals surface area contributed by atoms with Crippen molar-refractivity contribution < 1.29 is 9.53 Å². The molecule has 1 N–H and O–H groups in total. The summed E-state index contributed by atoms with van der Waals surface area (Å²) in [5.74, 6) is 1.71. The van der Waals surface area contributed by atoms with Crippen LogP contribution in [0.1, 0.15) is 72.6 Å². The van der Waals surface area contributed by atoms with Gasteiger partial charge in [-0.05, 0) is 89.4 Å². The highest BCUT2D eigenvalue weighted by molar-refractivity contribution is 6.99. The summed E-state index contributed by atoms with van der Waals surface area (Å²) in [7, 11) is -2.63. The zero-order valence-electron chi connectivity index (χ0n) is 22.8. The van der Waals surface area contributed by atoms with Crippen LogP contribution in [0.25, 0.3) is 0 Å². The maximum atomic E-state index is 11.7. The van der Waals surface area contributed by atoms with Crippen molar-refractivity contribution >= 4 is 18.7 Å². The molecule has 0 aliphatic heterocycles. The van der Waals surface area contributed by atoms with E-state index in [1.165, 1.54) is 36.1 Å². The molecule has 0 unspecified atom stereocenters. The Kier molecular flexibility index (Phi) is 7.13. The zero-order chi connectivity index (χ0) is 25.6. The van der Waals surface area contributed by atoms with E-state index in [2.05, 4.69) is 101 Å². The molecule has 3 fully saturated rings. The van der Waals surface area contributed by atoms with Gasteiger partial charge >= 0.3 is 0 Å². The Balaban J connectivity index is 1.62. The summed E-state index contributed by atoms with van der Waals surface area (Å²) in [5.41, 5.74) is 0.301. The predicted molar refractivity (Wildman–Crippen MR) is 153 cm³/mol. The zero-order valence-corrected chi connectivity index (χ0v) is 23.8. The third-order valence-electron chi connectivity index (χ3n) is 10.3. The molecule has 0 radical (unpaired) electrons. The van der Waals surface area contributed by atoms with Crippen LogP contribution in [0, 0.1) is 29.1 Å². The standard InChI is InChI=1S/C33H46O2Si/c1-6-25-18-21-33-20-17-24(2)30(28(34)23-25)31(33)29(19-22-33)35-36(32(3,4)5,26-13-9-7-10-14-26)27-15-11-8-12-16-27/h6-16,24-25,28-31,34H,1,17-23H2,2-5H3/t24-,25+,28+,29+,30+,31+,33-/m1/s1. The lowest BCUT2D eigenvalue weighted by molar-refractivity contribution is -0.0945. The Labute approximate surface area is 220 Å². The molecule has 2 aromatic rings. The monoisotopic (exact) mass is 502 g/mol. The first kappa shape index (κ1) is 25.9. The SMILES string of the molecule is C=C[C@H]1CC[C@@]23CC[C@@H](C)[C@H]([C@@H]2[C@@H](O[Si](c2ccccc2)(c2ccccc2)C(C)(C)C)CC3)[C@@H](O)C1. The molecule has 5 rings (SSSR count). The van der Waals surface area contributed by atoms with Gasteiger partial charge in [-0.2, -0.15) is 0 Å². The van der Waals surface area contributed by atoms with E-state index in [4.69, 9.17) is 4.43 Å². The van der Waals surface area contributed by atoms with Gasteiger partial charge in [-0.1, -0.05) is 94.4 Å². The molecule has 2 nitrogen and oxygen atoms in total. The predicted octanol–water partition coefficient (Wildman–Crippen LogP) is 6.72. The number of aliphatic hydroxyl groups excluding tert-OH is 1. The van der Waals surface area contributed by atoms with Crippen LogP contribution in [0.2, 0.25) is 5.04 Å². The summed E-state index contributed by atoms with van der Waals surface area (Å²) in [6, 6.07) is 22.2. The van der Waals surface area contributed by atoms with Gasteiger partial charge in [0.15, 0.2) is 0 Å². The summed E-state index contributed by atoms with van der Waals surface area (Å²) in [5, 5.41) is 14.4. The first-order chi connectivity index (χ1) is 17.2. The van der Waals surface area contributed by atoms with Gasteiger partial charge in [0.1, 0.15) is 0 Å². The van der Waals surface area contributed by atoms with Crippen molar-refractivity contribution in [3.63, 3.8) is 0 Å². The van der Waals surface area contributed by atoms with E-state index in [0.717, 1.165) is 19.3 Å². The lowest BCUT2D eigenvalue weighted by atomic mass is 9.54. The van der Waals surface area contributed by atoms with E-state index in [-0.39, 0.29) is 17.2 Å². The van der Waals surface area contributed by atoms with Crippen molar-refractivity contribution in [1.29, 1.82) is 0 Å². The summed E-state index contributed by atoms with van der Waals surface area (Å²) < 4.78 is 7.79. The third kappa shape index (κ3) is 4.25. The number of hydrogen-bond acceptors (Lipinski definition) is 2. The molecule has 0 spiro atoms. The fourth-order valence-corrected chi connectivity index (χ4v) is 13.3. The number of rotatable bonds is 5. The second-order valence-electron chi connectivity index (χ2n) is 13.2. The Morgan fingerprint density at radius 1 is 0.917 bits per heavy atom. The molecule has 7 atom stereocenters. The van der Waals surface area contributed by atoms with Crippen molar-refractivity contribution in [1.82, 2.24) is 0 Å². The fourth-order valence-electron chi connectivity index (χ4n) is 8.54. The third-order valence-corrected chi connectivity index (χ3v) is 15.3. The van der Waals surface area contributed by atoms with E-state index in [1.54, 1.807) is 0 Å². The minimum atomic E-state index is -2.63.